The van der Waals surface area contributed by atoms with E-state index in [2.05, 4.69) is 6.92 Å². The predicted molar refractivity (Wildman–Crippen MR) is 70.5 cm³/mol. The molecule has 0 N–H and O–H groups in total. The summed E-state index contributed by atoms with van der Waals surface area (Å²) in [6.45, 7) is 2.69. The van der Waals surface area contributed by atoms with Crippen molar-refractivity contribution in [3.63, 3.8) is 0 Å². The average Bonchev–Trinajstić information content (AvgIpc) is 2.34. The zero-order chi connectivity index (χ0) is 12.5. The molecular weight excluding hydrogens is 236 g/mol. The van der Waals surface area contributed by atoms with Crippen molar-refractivity contribution in [1.82, 2.24) is 0 Å². The van der Waals surface area contributed by atoms with Gasteiger partial charge >= 0.3 is 5.97 Å². The molecule has 0 spiro atoms. The zero-order valence-corrected chi connectivity index (χ0v) is 11.0. The fourth-order valence-corrected chi connectivity index (χ4v) is 1.67. The maximum Gasteiger partial charge on any atom is 0.338 e. The third kappa shape index (κ3) is 5.73. The molecule has 0 aromatic heterocycles. The van der Waals surface area contributed by atoms with Crippen LogP contribution in [0.25, 0.3) is 0 Å². The van der Waals surface area contributed by atoms with Crippen LogP contribution in [0, 0.1) is 0 Å². The second-order valence-corrected chi connectivity index (χ2v) is 4.49. The third-order valence-electron chi connectivity index (χ3n) is 2.56. The molecule has 0 radical (unpaired) electrons. The molecule has 0 saturated heterocycles. The standard InChI is InChI=1S/C14H19ClO2/c1-2-3-4-5-6-11-17-14(16)12-7-9-13(15)10-8-12/h7-10H,2-6,11H2,1H3. The molecular formula is C14H19ClO2. The van der Waals surface area contributed by atoms with E-state index in [1.165, 1.54) is 19.3 Å². The number of carbonyl (C=O) groups is 1. The lowest BCUT2D eigenvalue weighted by Crippen LogP contribution is -2.06. The summed E-state index contributed by atoms with van der Waals surface area (Å²) in [5, 5.41) is 0.626. The first kappa shape index (κ1) is 14.0. The van der Waals surface area contributed by atoms with Crippen LogP contribution in [-0.4, -0.2) is 12.6 Å². The molecule has 1 aromatic carbocycles. The monoisotopic (exact) mass is 254 g/mol. The first-order valence-corrected chi connectivity index (χ1v) is 6.54. The van der Waals surface area contributed by atoms with Crippen LogP contribution in [0.1, 0.15) is 49.4 Å². The highest BCUT2D eigenvalue weighted by Gasteiger charge is 2.05. The fourth-order valence-electron chi connectivity index (χ4n) is 1.54. The van der Waals surface area contributed by atoms with Crippen molar-refractivity contribution in [3.05, 3.63) is 34.9 Å². The highest BCUT2D eigenvalue weighted by molar-refractivity contribution is 6.30. The van der Waals surface area contributed by atoms with E-state index in [-0.39, 0.29) is 5.97 Å². The first-order valence-electron chi connectivity index (χ1n) is 6.16. The van der Waals surface area contributed by atoms with Crippen LogP contribution in [0.5, 0.6) is 0 Å². The Labute approximate surface area is 108 Å². The minimum Gasteiger partial charge on any atom is -0.462 e. The van der Waals surface area contributed by atoms with Gasteiger partial charge in [0, 0.05) is 5.02 Å². The Kier molecular flexibility index (Phi) is 6.71. The molecule has 0 aliphatic carbocycles. The Morgan fingerprint density at radius 2 is 1.76 bits per heavy atom. The molecule has 1 aromatic rings. The van der Waals surface area contributed by atoms with E-state index in [9.17, 15) is 4.79 Å². The lowest BCUT2D eigenvalue weighted by atomic mass is 10.2. The van der Waals surface area contributed by atoms with Crippen molar-refractivity contribution in [2.24, 2.45) is 0 Å². The summed E-state index contributed by atoms with van der Waals surface area (Å²) in [5.41, 5.74) is 0.558. The van der Waals surface area contributed by atoms with Crippen LogP contribution in [0.4, 0.5) is 0 Å². The van der Waals surface area contributed by atoms with Crippen molar-refractivity contribution in [2.75, 3.05) is 6.61 Å². The Bertz CT molecular complexity index is 333. The molecule has 0 aliphatic heterocycles. The van der Waals surface area contributed by atoms with Crippen LogP contribution in [0.3, 0.4) is 0 Å². The summed E-state index contributed by atoms with van der Waals surface area (Å²) in [4.78, 5) is 11.6. The first-order chi connectivity index (χ1) is 8.24. The van der Waals surface area contributed by atoms with Crippen molar-refractivity contribution in [3.8, 4) is 0 Å². The number of unbranched alkanes of at least 4 members (excludes halogenated alkanes) is 4. The summed E-state index contributed by atoms with van der Waals surface area (Å²) < 4.78 is 5.17. The van der Waals surface area contributed by atoms with Crippen LogP contribution < -0.4 is 0 Å². The van der Waals surface area contributed by atoms with Gasteiger partial charge in [0.1, 0.15) is 0 Å². The van der Waals surface area contributed by atoms with Gasteiger partial charge in [-0.3, -0.25) is 0 Å². The highest BCUT2D eigenvalue weighted by atomic mass is 35.5. The molecule has 2 nitrogen and oxygen atoms in total. The molecule has 94 valence electrons. The maximum atomic E-state index is 11.6. The van der Waals surface area contributed by atoms with Gasteiger partial charge in [0.05, 0.1) is 12.2 Å². The fraction of sp³-hybridized carbons (Fsp3) is 0.500. The molecule has 0 atom stereocenters. The lowest BCUT2D eigenvalue weighted by molar-refractivity contribution is 0.0497. The van der Waals surface area contributed by atoms with Crippen molar-refractivity contribution < 1.29 is 9.53 Å². The van der Waals surface area contributed by atoms with E-state index in [4.69, 9.17) is 16.3 Å². The highest BCUT2D eigenvalue weighted by Crippen LogP contribution is 2.11. The van der Waals surface area contributed by atoms with Crippen molar-refractivity contribution in [1.29, 1.82) is 0 Å². The van der Waals surface area contributed by atoms with Crippen molar-refractivity contribution >= 4 is 17.6 Å². The molecule has 0 unspecified atom stereocenters. The number of carbonyl (C=O) groups excluding carboxylic acids is 1. The van der Waals surface area contributed by atoms with E-state index < -0.39 is 0 Å². The SMILES string of the molecule is CCCCCCCOC(=O)c1ccc(Cl)cc1. The topological polar surface area (TPSA) is 26.3 Å². The van der Waals surface area contributed by atoms with E-state index in [0.29, 0.717) is 17.2 Å². The summed E-state index contributed by atoms with van der Waals surface area (Å²) in [6.07, 6.45) is 5.77. The van der Waals surface area contributed by atoms with Crippen LogP contribution in [0.15, 0.2) is 24.3 Å². The van der Waals surface area contributed by atoms with Gasteiger partial charge in [0.25, 0.3) is 0 Å². The van der Waals surface area contributed by atoms with E-state index in [1.54, 1.807) is 24.3 Å². The zero-order valence-electron chi connectivity index (χ0n) is 10.2. The van der Waals surface area contributed by atoms with Crippen LogP contribution in [0.2, 0.25) is 5.02 Å². The number of esters is 1. The van der Waals surface area contributed by atoms with Gasteiger partial charge < -0.3 is 4.74 Å². The minimum atomic E-state index is -0.267. The van der Waals surface area contributed by atoms with E-state index in [0.717, 1.165) is 12.8 Å². The second-order valence-electron chi connectivity index (χ2n) is 4.06. The average molecular weight is 255 g/mol. The molecule has 0 saturated carbocycles. The van der Waals surface area contributed by atoms with Crippen molar-refractivity contribution in [2.45, 2.75) is 39.0 Å². The van der Waals surface area contributed by atoms with Gasteiger partial charge in [-0.2, -0.15) is 0 Å². The predicted octanol–water partition coefficient (Wildman–Crippen LogP) is 4.47. The molecule has 0 amide bonds. The number of hydrogen-bond acceptors (Lipinski definition) is 2. The lowest BCUT2D eigenvalue weighted by Gasteiger charge is -2.04. The van der Waals surface area contributed by atoms with E-state index in [1.807, 2.05) is 0 Å². The number of hydrogen-bond donors (Lipinski definition) is 0. The molecule has 0 fully saturated rings. The Hall–Kier alpha value is -1.02. The van der Waals surface area contributed by atoms with Crippen LogP contribution >= 0.6 is 11.6 Å². The number of benzene rings is 1. The summed E-state index contributed by atoms with van der Waals surface area (Å²) >= 11 is 5.74. The Morgan fingerprint density at radius 1 is 1.12 bits per heavy atom. The van der Waals surface area contributed by atoms with Gasteiger partial charge in [-0.15, -0.1) is 0 Å². The summed E-state index contributed by atoms with van der Waals surface area (Å²) in [5.74, 6) is -0.267. The van der Waals surface area contributed by atoms with E-state index >= 15 is 0 Å². The van der Waals surface area contributed by atoms with Gasteiger partial charge in [0.15, 0.2) is 0 Å². The summed E-state index contributed by atoms with van der Waals surface area (Å²) in [6, 6.07) is 6.75. The molecule has 1 rings (SSSR count). The number of halogens is 1. The third-order valence-corrected chi connectivity index (χ3v) is 2.81. The van der Waals surface area contributed by atoms with Gasteiger partial charge in [-0.1, -0.05) is 44.2 Å². The van der Waals surface area contributed by atoms with Gasteiger partial charge in [-0.25, -0.2) is 4.79 Å². The molecule has 17 heavy (non-hydrogen) atoms. The summed E-state index contributed by atoms with van der Waals surface area (Å²) in [7, 11) is 0. The largest absolute Gasteiger partial charge is 0.462 e. The van der Waals surface area contributed by atoms with Gasteiger partial charge in [-0.05, 0) is 30.7 Å². The molecule has 0 bridgehead atoms. The van der Waals surface area contributed by atoms with Gasteiger partial charge in [0.2, 0.25) is 0 Å². The molecule has 0 aliphatic rings. The quantitative estimate of drug-likeness (QED) is 0.530. The Balaban J connectivity index is 2.19. The van der Waals surface area contributed by atoms with Crippen LogP contribution in [-0.2, 0) is 4.74 Å². The Morgan fingerprint density at radius 3 is 2.41 bits per heavy atom. The second kappa shape index (κ2) is 8.13. The maximum absolute atomic E-state index is 11.6. The normalized spacial score (nSPS) is 10.2. The number of rotatable bonds is 7. The smallest absolute Gasteiger partial charge is 0.338 e. The minimum absolute atomic E-state index is 0.267. The molecule has 0 heterocycles. The number of ether oxygens (including phenoxy) is 1. The molecule has 3 heteroatoms.